The van der Waals surface area contributed by atoms with Gasteiger partial charge in [-0.15, -0.1) is 12.6 Å². The molecule has 3 nitrogen and oxygen atoms in total. The van der Waals surface area contributed by atoms with Gasteiger partial charge in [0.15, 0.2) is 0 Å². The molecule has 0 aromatic heterocycles. The fourth-order valence-corrected chi connectivity index (χ4v) is 2.72. The van der Waals surface area contributed by atoms with E-state index in [1.807, 2.05) is 23.1 Å². The summed E-state index contributed by atoms with van der Waals surface area (Å²) in [5.74, 6) is 0.0908. The quantitative estimate of drug-likeness (QED) is 0.801. The van der Waals surface area contributed by atoms with Crippen LogP contribution in [0.15, 0.2) is 27.6 Å². The summed E-state index contributed by atoms with van der Waals surface area (Å²) >= 11 is 7.73. The second kappa shape index (κ2) is 6.08. The zero-order valence-corrected chi connectivity index (χ0v) is 12.9. The van der Waals surface area contributed by atoms with Crippen LogP contribution >= 0.6 is 28.6 Å². The summed E-state index contributed by atoms with van der Waals surface area (Å²) in [6, 6.07) is 5.57. The van der Waals surface area contributed by atoms with E-state index < -0.39 is 0 Å². The highest BCUT2D eigenvalue weighted by atomic mass is 79.9. The fraction of sp³-hybridized carbons (Fsp3) is 0.462. The number of hydrogen-bond acceptors (Lipinski definition) is 3. The number of amides is 1. The molecule has 1 heterocycles. The number of likely N-dealkylation sites (N-methyl/N-ethyl adjacent to an activating group) is 1. The first-order chi connectivity index (χ1) is 8.58. The Morgan fingerprint density at radius 1 is 1.28 bits per heavy atom. The molecule has 0 bridgehead atoms. The predicted molar refractivity (Wildman–Crippen MR) is 79.4 cm³/mol. The van der Waals surface area contributed by atoms with E-state index in [-0.39, 0.29) is 5.91 Å². The van der Waals surface area contributed by atoms with Gasteiger partial charge in [-0.2, -0.15) is 0 Å². The molecular formula is C13H17BrN2OS. The first-order valence-electron chi connectivity index (χ1n) is 6.04. The van der Waals surface area contributed by atoms with E-state index in [4.69, 9.17) is 0 Å². The molecule has 1 aromatic rings. The van der Waals surface area contributed by atoms with Gasteiger partial charge >= 0.3 is 0 Å². The molecule has 0 spiro atoms. The van der Waals surface area contributed by atoms with Crippen LogP contribution in [0.25, 0.3) is 0 Å². The van der Waals surface area contributed by atoms with E-state index in [9.17, 15) is 4.79 Å². The number of carbonyl (C=O) groups is 1. The molecule has 1 aliphatic heterocycles. The van der Waals surface area contributed by atoms with Crippen molar-refractivity contribution in [2.75, 3.05) is 33.2 Å². The average Bonchev–Trinajstić information content (AvgIpc) is 2.56. The molecule has 0 radical (unpaired) electrons. The molecule has 1 aromatic carbocycles. The van der Waals surface area contributed by atoms with E-state index in [1.165, 1.54) is 0 Å². The van der Waals surface area contributed by atoms with Crippen LogP contribution in [0.4, 0.5) is 0 Å². The maximum Gasteiger partial charge on any atom is 0.255 e. The molecule has 0 saturated carbocycles. The second-order valence-electron chi connectivity index (χ2n) is 4.61. The molecule has 1 amide bonds. The Hall–Kier alpha value is -0.520. The molecule has 5 heteroatoms. The number of nitrogens with zero attached hydrogens (tertiary/aromatic N) is 2. The summed E-state index contributed by atoms with van der Waals surface area (Å²) in [6.07, 6.45) is 1.03. The molecule has 2 rings (SSSR count). The molecule has 98 valence electrons. The van der Waals surface area contributed by atoms with Crippen LogP contribution in [-0.2, 0) is 0 Å². The van der Waals surface area contributed by atoms with Gasteiger partial charge in [-0.1, -0.05) is 0 Å². The molecule has 0 unspecified atom stereocenters. The lowest BCUT2D eigenvalue weighted by molar-refractivity contribution is 0.0761. The zero-order chi connectivity index (χ0) is 13.1. The Bertz CT molecular complexity index is 453. The third-order valence-corrected chi connectivity index (χ3v) is 4.16. The Balaban J connectivity index is 2.17. The van der Waals surface area contributed by atoms with Crippen molar-refractivity contribution in [3.8, 4) is 0 Å². The third kappa shape index (κ3) is 3.28. The predicted octanol–water partition coefficient (Wildman–Crippen LogP) is 2.52. The van der Waals surface area contributed by atoms with Crippen molar-refractivity contribution in [3.63, 3.8) is 0 Å². The smallest absolute Gasteiger partial charge is 0.255 e. The van der Waals surface area contributed by atoms with Gasteiger partial charge in [0.25, 0.3) is 5.91 Å². The van der Waals surface area contributed by atoms with E-state index in [0.717, 1.165) is 42.0 Å². The molecule has 0 aliphatic carbocycles. The van der Waals surface area contributed by atoms with Gasteiger partial charge in [-0.05, 0) is 54.1 Å². The van der Waals surface area contributed by atoms with Crippen LogP contribution in [0, 0.1) is 0 Å². The third-order valence-electron chi connectivity index (χ3n) is 3.19. The van der Waals surface area contributed by atoms with Gasteiger partial charge in [0.2, 0.25) is 0 Å². The van der Waals surface area contributed by atoms with Gasteiger partial charge < -0.3 is 9.80 Å². The maximum atomic E-state index is 12.5. The van der Waals surface area contributed by atoms with Crippen molar-refractivity contribution in [3.05, 3.63) is 28.2 Å². The average molecular weight is 329 g/mol. The highest BCUT2D eigenvalue weighted by Crippen LogP contribution is 2.22. The van der Waals surface area contributed by atoms with Crippen molar-refractivity contribution in [2.45, 2.75) is 11.3 Å². The minimum atomic E-state index is 0.0908. The highest BCUT2D eigenvalue weighted by Gasteiger charge is 2.20. The number of benzene rings is 1. The van der Waals surface area contributed by atoms with Gasteiger partial charge in [0.05, 0.1) is 5.56 Å². The fourth-order valence-electron chi connectivity index (χ4n) is 2.10. The van der Waals surface area contributed by atoms with E-state index in [1.54, 1.807) is 0 Å². The first-order valence-corrected chi connectivity index (χ1v) is 7.28. The molecule has 0 N–H and O–H groups in total. The topological polar surface area (TPSA) is 23.6 Å². The molecule has 1 fully saturated rings. The van der Waals surface area contributed by atoms with Crippen LogP contribution in [0.2, 0.25) is 0 Å². The molecule has 1 aliphatic rings. The van der Waals surface area contributed by atoms with Crippen LogP contribution in [0.1, 0.15) is 16.8 Å². The molecule has 18 heavy (non-hydrogen) atoms. The number of thiol groups is 1. The van der Waals surface area contributed by atoms with Crippen LogP contribution in [0.5, 0.6) is 0 Å². The summed E-state index contributed by atoms with van der Waals surface area (Å²) in [5, 5.41) is 0. The maximum absolute atomic E-state index is 12.5. The number of halogens is 1. The summed E-state index contributed by atoms with van der Waals surface area (Å²) in [7, 11) is 2.10. The Morgan fingerprint density at radius 3 is 2.83 bits per heavy atom. The van der Waals surface area contributed by atoms with E-state index >= 15 is 0 Å². The van der Waals surface area contributed by atoms with Gasteiger partial charge in [-0.25, -0.2) is 0 Å². The number of rotatable bonds is 1. The normalized spacial score (nSPS) is 17.6. The van der Waals surface area contributed by atoms with Gasteiger partial charge in [-0.3, -0.25) is 4.79 Å². The zero-order valence-electron chi connectivity index (χ0n) is 10.4. The van der Waals surface area contributed by atoms with Crippen LogP contribution in [-0.4, -0.2) is 48.9 Å². The van der Waals surface area contributed by atoms with Crippen molar-refractivity contribution < 1.29 is 4.79 Å². The number of carbonyl (C=O) groups excluding carboxylic acids is 1. The lowest BCUT2D eigenvalue weighted by Gasteiger charge is -2.21. The van der Waals surface area contributed by atoms with Crippen LogP contribution in [0.3, 0.4) is 0 Å². The summed E-state index contributed by atoms with van der Waals surface area (Å²) in [4.78, 5) is 17.5. The lowest BCUT2D eigenvalue weighted by atomic mass is 10.2. The Kier molecular flexibility index (Phi) is 4.70. The summed E-state index contributed by atoms with van der Waals surface area (Å²) in [5.41, 5.74) is 0.701. The molecule has 0 atom stereocenters. The molecule has 1 saturated heterocycles. The summed E-state index contributed by atoms with van der Waals surface area (Å²) in [6.45, 7) is 3.60. The SMILES string of the molecule is CN1CCCN(C(=O)c2cc(S)ccc2Br)CC1. The minimum Gasteiger partial charge on any atom is -0.337 e. The van der Waals surface area contributed by atoms with Crippen molar-refractivity contribution in [1.82, 2.24) is 9.80 Å². The monoisotopic (exact) mass is 328 g/mol. The summed E-state index contributed by atoms with van der Waals surface area (Å²) < 4.78 is 0.836. The van der Waals surface area contributed by atoms with Gasteiger partial charge in [0, 0.05) is 29.0 Å². The lowest BCUT2D eigenvalue weighted by Crippen LogP contribution is -2.34. The number of hydrogen-bond donors (Lipinski definition) is 1. The van der Waals surface area contributed by atoms with E-state index in [2.05, 4.69) is 40.5 Å². The first kappa shape index (κ1) is 13.9. The Labute approximate surface area is 122 Å². The second-order valence-corrected chi connectivity index (χ2v) is 5.98. The Morgan fingerprint density at radius 2 is 2.06 bits per heavy atom. The van der Waals surface area contributed by atoms with Crippen molar-refractivity contribution in [2.24, 2.45) is 0 Å². The largest absolute Gasteiger partial charge is 0.337 e. The van der Waals surface area contributed by atoms with Gasteiger partial charge in [0.1, 0.15) is 0 Å². The van der Waals surface area contributed by atoms with Crippen molar-refractivity contribution >= 4 is 34.5 Å². The highest BCUT2D eigenvalue weighted by molar-refractivity contribution is 9.10. The van der Waals surface area contributed by atoms with Crippen molar-refractivity contribution in [1.29, 1.82) is 0 Å². The molecular weight excluding hydrogens is 312 g/mol. The van der Waals surface area contributed by atoms with Crippen LogP contribution < -0.4 is 0 Å². The standard InChI is InChI=1S/C13H17BrN2OS/c1-15-5-2-6-16(8-7-15)13(17)11-9-10(18)3-4-12(11)14/h3-4,9,18H,2,5-8H2,1H3. The van der Waals surface area contributed by atoms with E-state index in [0.29, 0.717) is 5.56 Å². The minimum absolute atomic E-state index is 0.0908.